The molecule has 212 valence electrons. The first-order valence-corrected chi connectivity index (χ1v) is 17.6. The third-order valence-electron chi connectivity index (χ3n) is 9.18. The molecule has 0 saturated heterocycles. The summed E-state index contributed by atoms with van der Waals surface area (Å²) < 4.78 is 6.39. The van der Waals surface area contributed by atoms with Crippen molar-refractivity contribution in [1.82, 2.24) is 0 Å². The van der Waals surface area contributed by atoms with Crippen LogP contribution in [0.15, 0.2) is 188 Å². The first-order valence-electron chi connectivity index (χ1n) is 15.6. The second-order valence-electron chi connectivity index (χ2n) is 11.6. The van der Waals surface area contributed by atoms with Crippen molar-refractivity contribution < 1.29 is 4.74 Å². The van der Waals surface area contributed by atoms with Gasteiger partial charge in [-0.3, -0.25) is 0 Å². The molecule has 1 nitrogen and oxygen atoms in total. The minimum absolute atomic E-state index is 0.0605. The highest BCUT2D eigenvalue weighted by atomic mass is 28.3. The molecule has 0 amide bonds. The molecule has 3 heteroatoms. The lowest BCUT2D eigenvalue weighted by molar-refractivity contribution is 0.487. The van der Waals surface area contributed by atoms with Gasteiger partial charge in [-0.1, -0.05) is 181 Å². The molecule has 45 heavy (non-hydrogen) atoms. The second kappa shape index (κ2) is 11.6. The Hall–Kier alpha value is -5.38. The third kappa shape index (κ3) is 4.64. The van der Waals surface area contributed by atoms with E-state index in [9.17, 15) is 0 Å². The monoisotopic (exact) mass is 590 g/mol. The summed E-state index contributed by atoms with van der Waals surface area (Å²) in [5.74, 6) is 1.85. The van der Waals surface area contributed by atoms with E-state index >= 15 is 0 Å². The normalized spacial score (nSPS) is 12.1. The molecule has 0 fully saturated rings. The van der Waals surface area contributed by atoms with Gasteiger partial charge in [0.1, 0.15) is 11.5 Å². The van der Waals surface area contributed by atoms with Gasteiger partial charge in [-0.05, 0) is 54.9 Å². The zero-order valence-corrected chi connectivity index (χ0v) is 25.9. The summed E-state index contributed by atoms with van der Waals surface area (Å²) in [6.07, 6.45) is 0. The lowest BCUT2D eigenvalue weighted by Gasteiger charge is -2.35. The predicted octanol–water partition coefficient (Wildman–Crippen LogP) is 5.35. The van der Waals surface area contributed by atoms with Crippen LogP contribution < -0.4 is 41.9 Å². The number of rotatable bonds is 6. The SMILES string of the molecule is c1ccc([Si](c2ccccc2)(c2ccccc2)c2cccc(-c3ccccc3B3c4ccccc4Oc4ccccc43)c2)cc1. The fourth-order valence-electron chi connectivity index (χ4n) is 7.24. The van der Waals surface area contributed by atoms with Gasteiger partial charge in [-0.2, -0.15) is 0 Å². The highest BCUT2D eigenvalue weighted by Crippen LogP contribution is 2.26. The van der Waals surface area contributed by atoms with Crippen LogP contribution >= 0.6 is 0 Å². The summed E-state index contributed by atoms with van der Waals surface area (Å²) in [5.41, 5.74) is 6.14. The molecule has 0 saturated carbocycles. The number of ether oxygens (including phenoxy) is 1. The van der Waals surface area contributed by atoms with E-state index in [1.165, 1.54) is 48.3 Å². The molecule has 0 aliphatic carbocycles. The Labute approximate surface area is 266 Å². The lowest BCUT2D eigenvalue weighted by Crippen LogP contribution is -2.74. The van der Waals surface area contributed by atoms with Crippen LogP contribution in [0.1, 0.15) is 0 Å². The van der Waals surface area contributed by atoms with E-state index in [0.29, 0.717) is 0 Å². The summed E-state index contributed by atoms with van der Waals surface area (Å²) in [7, 11) is -2.66. The van der Waals surface area contributed by atoms with E-state index in [2.05, 4.69) is 188 Å². The molecule has 0 unspecified atom stereocenters. The smallest absolute Gasteiger partial charge is 0.251 e. The van der Waals surface area contributed by atoms with Gasteiger partial charge in [0.15, 0.2) is 8.07 Å². The van der Waals surface area contributed by atoms with Crippen LogP contribution in [-0.2, 0) is 0 Å². The van der Waals surface area contributed by atoms with E-state index in [0.717, 1.165) is 11.5 Å². The van der Waals surface area contributed by atoms with Crippen LogP contribution in [0.3, 0.4) is 0 Å². The van der Waals surface area contributed by atoms with E-state index in [-0.39, 0.29) is 6.71 Å². The predicted molar refractivity (Wildman–Crippen MR) is 193 cm³/mol. The average molecular weight is 591 g/mol. The van der Waals surface area contributed by atoms with Crippen LogP contribution in [0.2, 0.25) is 0 Å². The van der Waals surface area contributed by atoms with Crippen molar-refractivity contribution in [2.75, 3.05) is 0 Å². The van der Waals surface area contributed by atoms with Gasteiger partial charge in [0, 0.05) is 0 Å². The number of fused-ring (bicyclic) bond motifs is 2. The third-order valence-corrected chi connectivity index (χ3v) is 14.0. The maximum absolute atomic E-state index is 6.39. The average Bonchev–Trinajstić information content (AvgIpc) is 3.12. The molecule has 7 aromatic carbocycles. The van der Waals surface area contributed by atoms with Gasteiger partial charge in [0.25, 0.3) is 6.71 Å². The van der Waals surface area contributed by atoms with E-state index in [4.69, 9.17) is 4.74 Å². The van der Waals surface area contributed by atoms with Crippen molar-refractivity contribution in [2.45, 2.75) is 0 Å². The molecule has 1 heterocycles. The molecule has 0 radical (unpaired) electrons. The van der Waals surface area contributed by atoms with E-state index in [1.54, 1.807) is 0 Å². The molecule has 0 bridgehead atoms. The van der Waals surface area contributed by atoms with Gasteiger partial charge < -0.3 is 4.74 Å². The van der Waals surface area contributed by atoms with Crippen molar-refractivity contribution in [1.29, 1.82) is 0 Å². The molecule has 1 aliphatic heterocycles. The maximum atomic E-state index is 6.39. The van der Waals surface area contributed by atoms with Crippen LogP contribution in [-0.4, -0.2) is 14.8 Å². The minimum atomic E-state index is -2.66. The fraction of sp³-hybridized carbons (Fsp3) is 0. The largest absolute Gasteiger partial charge is 0.458 e. The molecule has 7 aromatic rings. The number of hydrogen-bond donors (Lipinski definition) is 0. The van der Waals surface area contributed by atoms with Crippen LogP contribution in [0.4, 0.5) is 0 Å². The number of hydrogen-bond acceptors (Lipinski definition) is 1. The molecule has 0 atom stereocenters. The van der Waals surface area contributed by atoms with Crippen molar-refractivity contribution >= 4 is 51.9 Å². The number of para-hydroxylation sites is 2. The highest BCUT2D eigenvalue weighted by molar-refractivity contribution is 7.20. The Kier molecular flexibility index (Phi) is 7.01. The van der Waals surface area contributed by atoms with Gasteiger partial charge in [-0.15, -0.1) is 0 Å². The summed E-state index contributed by atoms with van der Waals surface area (Å²) >= 11 is 0. The molecule has 0 aromatic heterocycles. The molecular formula is C42H31BOSi. The van der Waals surface area contributed by atoms with Gasteiger partial charge in [0.2, 0.25) is 0 Å². The maximum Gasteiger partial charge on any atom is 0.251 e. The topological polar surface area (TPSA) is 9.23 Å². The van der Waals surface area contributed by atoms with Crippen molar-refractivity contribution in [2.24, 2.45) is 0 Å². The highest BCUT2D eigenvalue weighted by Gasteiger charge is 2.41. The first kappa shape index (κ1) is 27.2. The Morgan fingerprint density at radius 1 is 0.356 bits per heavy atom. The molecule has 1 aliphatic rings. The molecule has 8 rings (SSSR count). The Balaban J connectivity index is 1.37. The Morgan fingerprint density at radius 3 is 1.31 bits per heavy atom. The van der Waals surface area contributed by atoms with Gasteiger partial charge >= 0.3 is 0 Å². The standard InChI is InChI=1S/C42H31BOSi/c1-4-18-33(19-5-1)45(34-20-6-2-7-21-34,35-22-8-3-9-23-35)36-24-16-17-32(31-36)37-25-10-11-26-38(37)43-39-27-12-14-29-41(39)44-42-30-15-13-28-40(42)43/h1-31H. The Morgan fingerprint density at radius 2 is 0.778 bits per heavy atom. The lowest BCUT2D eigenvalue weighted by atomic mass is 9.35. The van der Waals surface area contributed by atoms with Gasteiger partial charge in [-0.25, -0.2) is 0 Å². The first-order chi connectivity index (χ1) is 22.3. The molecule has 0 spiro atoms. The van der Waals surface area contributed by atoms with Crippen molar-refractivity contribution in [3.05, 3.63) is 188 Å². The molecular weight excluding hydrogens is 559 g/mol. The van der Waals surface area contributed by atoms with Crippen molar-refractivity contribution in [3.63, 3.8) is 0 Å². The number of benzene rings is 7. The zero-order valence-electron chi connectivity index (χ0n) is 24.9. The summed E-state index contributed by atoms with van der Waals surface area (Å²) in [6.45, 7) is 0.0605. The zero-order chi connectivity index (χ0) is 30.1. The van der Waals surface area contributed by atoms with Crippen LogP contribution in [0.5, 0.6) is 11.5 Å². The summed E-state index contributed by atoms with van der Waals surface area (Å²) in [6, 6.07) is 68.6. The summed E-state index contributed by atoms with van der Waals surface area (Å²) in [4.78, 5) is 0. The Bertz CT molecular complexity index is 1950. The van der Waals surface area contributed by atoms with Gasteiger partial charge in [0.05, 0.1) is 0 Å². The van der Waals surface area contributed by atoms with Crippen molar-refractivity contribution in [3.8, 4) is 22.6 Å². The summed E-state index contributed by atoms with van der Waals surface area (Å²) in [5, 5.41) is 5.49. The van der Waals surface area contributed by atoms with E-state index < -0.39 is 8.07 Å². The second-order valence-corrected chi connectivity index (χ2v) is 15.4. The van der Waals surface area contributed by atoms with E-state index in [1.807, 2.05) is 0 Å². The fourth-order valence-corrected chi connectivity index (χ4v) is 12.0. The van der Waals surface area contributed by atoms with Crippen LogP contribution in [0, 0.1) is 0 Å². The quantitative estimate of drug-likeness (QED) is 0.187. The van der Waals surface area contributed by atoms with Crippen LogP contribution in [0.25, 0.3) is 11.1 Å². The molecule has 0 N–H and O–H groups in total. The minimum Gasteiger partial charge on any atom is -0.458 e.